The third-order valence-electron chi connectivity index (χ3n) is 4.58. The Balaban J connectivity index is 1.48. The van der Waals surface area contributed by atoms with E-state index in [1.807, 2.05) is 42.9 Å². The number of rotatable bonds is 7. The first kappa shape index (κ1) is 17.0. The maximum absolute atomic E-state index is 10.3. The molecule has 1 aromatic carbocycles. The summed E-state index contributed by atoms with van der Waals surface area (Å²) in [6.45, 7) is 5.75. The van der Waals surface area contributed by atoms with Gasteiger partial charge in [0.25, 0.3) is 0 Å². The fourth-order valence-electron chi connectivity index (χ4n) is 3.40. The predicted molar refractivity (Wildman–Crippen MR) is 93.9 cm³/mol. The number of aliphatic hydroxyl groups is 1. The summed E-state index contributed by atoms with van der Waals surface area (Å²) < 4.78 is 8.14. The van der Waals surface area contributed by atoms with Crippen LogP contribution in [0.4, 0.5) is 0 Å². The number of aromatic nitrogens is 2. The molecule has 5 heteroatoms. The highest BCUT2D eigenvalue weighted by Gasteiger charge is 2.34. The first-order valence-corrected chi connectivity index (χ1v) is 8.63. The van der Waals surface area contributed by atoms with Crippen molar-refractivity contribution < 1.29 is 9.84 Å². The van der Waals surface area contributed by atoms with Crippen LogP contribution in [0.1, 0.15) is 26.7 Å². The van der Waals surface area contributed by atoms with Gasteiger partial charge in [-0.25, -0.2) is 4.98 Å². The lowest BCUT2D eigenvalue weighted by Crippen LogP contribution is -2.46. The van der Waals surface area contributed by atoms with Gasteiger partial charge in [-0.2, -0.15) is 0 Å². The fourth-order valence-corrected chi connectivity index (χ4v) is 3.40. The second-order valence-corrected chi connectivity index (χ2v) is 7.33. The second kappa shape index (κ2) is 7.36. The number of hydrogen-bond donors (Lipinski definition) is 2. The molecule has 3 atom stereocenters. The summed E-state index contributed by atoms with van der Waals surface area (Å²) in [4.78, 5) is 4.08. The second-order valence-electron chi connectivity index (χ2n) is 7.33. The molecule has 1 aliphatic carbocycles. The number of nitrogens with one attached hydrogen (secondary N) is 1. The Morgan fingerprint density at radius 3 is 2.79 bits per heavy atom. The number of aliphatic hydroxyl groups excluding tert-OH is 1. The minimum absolute atomic E-state index is 0.122. The molecule has 0 aliphatic heterocycles. The van der Waals surface area contributed by atoms with E-state index >= 15 is 0 Å². The van der Waals surface area contributed by atoms with E-state index in [1.54, 1.807) is 6.20 Å². The number of imidazole rings is 1. The van der Waals surface area contributed by atoms with E-state index in [0.717, 1.165) is 25.1 Å². The third kappa shape index (κ3) is 4.58. The van der Waals surface area contributed by atoms with E-state index in [0.29, 0.717) is 12.5 Å². The Bertz CT molecular complexity index is 613. The summed E-state index contributed by atoms with van der Waals surface area (Å²) in [5, 5.41) is 13.8. The van der Waals surface area contributed by atoms with Crippen molar-refractivity contribution in [3.63, 3.8) is 0 Å². The zero-order chi connectivity index (χ0) is 17.0. The van der Waals surface area contributed by atoms with E-state index in [1.165, 1.54) is 0 Å². The van der Waals surface area contributed by atoms with Crippen molar-refractivity contribution in [1.82, 2.24) is 14.9 Å². The lowest BCUT2D eigenvalue weighted by atomic mass is 10.1. The van der Waals surface area contributed by atoms with E-state index in [-0.39, 0.29) is 17.7 Å². The van der Waals surface area contributed by atoms with E-state index in [2.05, 4.69) is 28.7 Å². The quantitative estimate of drug-likeness (QED) is 0.819. The normalized spacial score (nSPS) is 24.2. The molecule has 0 saturated heterocycles. The van der Waals surface area contributed by atoms with Crippen LogP contribution in [0.3, 0.4) is 0 Å². The summed E-state index contributed by atoms with van der Waals surface area (Å²) in [7, 11) is 0. The number of benzene rings is 1. The van der Waals surface area contributed by atoms with Gasteiger partial charge in [0, 0.05) is 31.5 Å². The van der Waals surface area contributed by atoms with Gasteiger partial charge in [0.2, 0.25) is 0 Å². The maximum Gasteiger partial charge on any atom is 0.120 e. The highest BCUT2D eigenvalue weighted by Crippen LogP contribution is 2.28. The highest BCUT2D eigenvalue weighted by atomic mass is 16.5. The van der Waals surface area contributed by atoms with Crippen LogP contribution in [-0.2, 0) is 6.54 Å². The average Bonchev–Trinajstić information content (AvgIpc) is 3.16. The van der Waals surface area contributed by atoms with Gasteiger partial charge in [-0.15, -0.1) is 0 Å². The van der Waals surface area contributed by atoms with Crippen LogP contribution in [0.5, 0.6) is 5.75 Å². The Morgan fingerprint density at radius 1 is 1.29 bits per heavy atom. The van der Waals surface area contributed by atoms with Gasteiger partial charge in [-0.1, -0.05) is 18.2 Å². The Morgan fingerprint density at radius 2 is 2.08 bits per heavy atom. The van der Waals surface area contributed by atoms with Crippen molar-refractivity contribution in [2.75, 3.05) is 6.54 Å². The van der Waals surface area contributed by atoms with Gasteiger partial charge in [-0.05, 0) is 44.7 Å². The third-order valence-corrected chi connectivity index (χ3v) is 4.58. The van der Waals surface area contributed by atoms with Gasteiger partial charge in [0.15, 0.2) is 0 Å². The smallest absolute Gasteiger partial charge is 0.120 e. The van der Waals surface area contributed by atoms with Gasteiger partial charge < -0.3 is 19.7 Å². The number of ether oxygens (including phenoxy) is 1. The van der Waals surface area contributed by atoms with E-state index < -0.39 is 0 Å². The van der Waals surface area contributed by atoms with Crippen LogP contribution in [0.15, 0.2) is 49.1 Å². The van der Waals surface area contributed by atoms with E-state index in [4.69, 9.17) is 4.74 Å². The molecule has 0 amide bonds. The molecule has 1 aliphatic rings. The molecule has 1 unspecified atom stereocenters. The molecule has 0 spiro atoms. The Labute approximate surface area is 143 Å². The van der Waals surface area contributed by atoms with Crippen molar-refractivity contribution in [3.8, 4) is 5.75 Å². The largest absolute Gasteiger partial charge is 0.487 e. The Hall–Kier alpha value is -1.85. The predicted octanol–water partition coefficient (Wildman–Crippen LogP) is 2.47. The van der Waals surface area contributed by atoms with Gasteiger partial charge >= 0.3 is 0 Å². The molecular formula is C19H27N3O2. The molecule has 1 fully saturated rings. The summed E-state index contributed by atoms with van der Waals surface area (Å²) >= 11 is 0. The van der Waals surface area contributed by atoms with Crippen molar-refractivity contribution in [2.45, 2.75) is 51.0 Å². The molecule has 24 heavy (non-hydrogen) atoms. The van der Waals surface area contributed by atoms with Crippen LogP contribution in [0.25, 0.3) is 0 Å². The monoisotopic (exact) mass is 329 g/mol. The zero-order valence-corrected chi connectivity index (χ0v) is 14.4. The first-order valence-electron chi connectivity index (χ1n) is 8.63. The summed E-state index contributed by atoms with van der Waals surface area (Å²) in [5.41, 5.74) is -0.330. The minimum Gasteiger partial charge on any atom is -0.487 e. The van der Waals surface area contributed by atoms with Crippen molar-refractivity contribution in [1.29, 1.82) is 0 Å². The lowest BCUT2D eigenvalue weighted by molar-refractivity contribution is 0.0891. The van der Waals surface area contributed by atoms with Crippen LogP contribution >= 0.6 is 0 Å². The van der Waals surface area contributed by atoms with Gasteiger partial charge in [-0.3, -0.25) is 0 Å². The molecule has 1 saturated carbocycles. The average molecular weight is 329 g/mol. The SMILES string of the molecule is CC(C)(CN[C@@H]1CC(Cn2ccnc2)C[C@H]1O)Oc1ccccc1. The molecular weight excluding hydrogens is 302 g/mol. The first-order chi connectivity index (χ1) is 11.5. The van der Waals surface area contributed by atoms with E-state index in [9.17, 15) is 5.11 Å². The molecule has 1 heterocycles. The van der Waals surface area contributed by atoms with Crippen LogP contribution in [0.2, 0.25) is 0 Å². The number of hydrogen-bond acceptors (Lipinski definition) is 4. The molecule has 2 N–H and O–H groups in total. The molecule has 3 rings (SSSR count). The molecule has 1 aromatic heterocycles. The van der Waals surface area contributed by atoms with Crippen LogP contribution in [0, 0.1) is 5.92 Å². The molecule has 0 bridgehead atoms. The number of nitrogens with zero attached hydrogens (tertiary/aromatic N) is 2. The van der Waals surface area contributed by atoms with Gasteiger partial charge in [0.05, 0.1) is 12.4 Å². The zero-order valence-electron chi connectivity index (χ0n) is 14.4. The standard InChI is InChI=1S/C19H27N3O2/c1-19(2,24-16-6-4-3-5-7-16)13-21-17-10-15(11-18(17)23)12-22-9-8-20-14-22/h3-9,14-15,17-18,21,23H,10-13H2,1-2H3/t15?,17-,18-/m1/s1. The van der Waals surface area contributed by atoms with Crippen molar-refractivity contribution >= 4 is 0 Å². The molecule has 130 valence electrons. The Kier molecular flexibility index (Phi) is 5.21. The van der Waals surface area contributed by atoms with Crippen molar-refractivity contribution in [2.24, 2.45) is 5.92 Å². The molecule has 0 radical (unpaired) electrons. The fraction of sp³-hybridized carbons (Fsp3) is 0.526. The lowest BCUT2D eigenvalue weighted by Gasteiger charge is -2.29. The minimum atomic E-state index is -0.330. The topological polar surface area (TPSA) is 59.3 Å². The van der Waals surface area contributed by atoms with Crippen LogP contribution in [-0.4, -0.2) is 38.9 Å². The van der Waals surface area contributed by atoms with Crippen molar-refractivity contribution in [3.05, 3.63) is 49.1 Å². The molecule has 5 nitrogen and oxygen atoms in total. The van der Waals surface area contributed by atoms with Gasteiger partial charge in [0.1, 0.15) is 11.4 Å². The summed E-state index contributed by atoms with van der Waals surface area (Å²) in [6, 6.07) is 9.98. The van der Waals surface area contributed by atoms with Crippen LogP contribution < -0.4 is 10.1 Å². The number of para-hydroxylation sites is 1. The summed E-state index contributed by atoms with van der Waals surface area (Å²) in [6.07, 6.45) is 7.11. The summed E-state index contributed by atoms with van der Waals surface area (Å²) in [5.74, 6) is 1.35. The maximum atomic E-state index is 10.3. The molecule has 2 aromatic rings. The highest BCUT2D eigenvalue weighted by molar-refractivity contribution is 5.21.